The molecule has 0 aliphatic heterocycles. The molecule has 1 atom stereocenters. The number of nitrogens with zero attached hydrogens (tertiary/aromatic N) is 2. The standard InChI is InChI=1S/C21H13BCl2F2N2O2/c22-10-7-11-12(19(29)18-15(25)5-2-6-16(18)26)9-28(20(11)27-8-10)21(30)17-13(23)3-1-4-14(17)24/h1-5,7-9,16H,6,22H2. The van der Waals surface area contributed by atoms with E-state index in [0.717, 1.165) is 10.6 Å². The van der Waals surface area contributed by atoms with Crippen molar-refractivity contribution in [3.8, 4) is 0 Å². The van der Waals surface area contributed by atoms with Gasteiger partial charge in [-0.1, -0.05) is 46.9 Å². The Kier molecular flexibility index (Phi) is 5.34. The van der Waals surface area contributed by atoms with Crippen molar-refractivity contribution in [2.75, 3.05) is 0 Å². The Hall–Kier alpha value is -2.77. The molecule has 1 aliphatic rings. The van der Waals surface area contributed by atoms with Gasteiger partial charge in [0.25, 0.3) is 5.91 Å². The van der Waals surface area contributed by atoms with E-state index < -0.39 is 29.3 Å². The zero-order valence-corrected chi connectivity index (χ0v) is 17.1. The monoisotopic (exact) mass is 444 g/mol. The van der Waals surface area contributed by atoms with Crippen LogP contribution < -0.4 is 5.46 Å². The lowest BCUT2D eigenvalue weighted by molar-refractivity contribution is 0.0964. The zero-order chi connectivity index (χ0) is 21.6. The van der Waals surface area contributed by atoms with Crippen molar-refractivity contribution >= 4 is 59.2 Å². The van der Waals surface area contributed by atoms with Gasteiger partial charge in [0.1, 0.15) is 25.5 Å². The topological polar surface area (TPSA) is 52.0 Å². The number of carbonyl (C=O) groups is 2. The number of benzene rings is 1. The number of aromatic nitrogens is 2. The van der Waals surface area contributed by atoms with E-state index in [4.69, 9.17) is 23.2 Å². The van der Waals surface area contributed by atoms with Crippen LogP contribution in [0.2, 0.25) is 10.0 Å². The first kappa shape index (κ1) is 20.5. The summed E-state index contributed by atoms with van der Waals surface area (Å²) < 4.78 is 29.7. The van der Waals surface area contributed by atoms with Gasteiger partial charge in [0, 0.05) is 24.2 Å². The zero-order valence-electron chi connectivity index (χ0n) is 15.6. The van der Waals surface area contributed by atoms with Crippen LogP contribution in [0.3, 0.4) is 0 Å². The molecule has 4 nitrogen and oxygen atoms in total. The van der Waals surface area contributed by atoms with E-state index in [0.29, 0.717) is 10.8 Å². The summed E-state index contributed by atoms with van der Waals surface area (Å²) in [6.45, 7) is 0. The van der Waals surface area contributed by atoms with Crippen LogP contribution in [0.1, 0.15) is 27.1 Å². The highest BCUT2D eigenvalue weighted by atomic mass is 35.5. The maximum Gasteiger partial charge on any atom is 0.266 e. The fourth-order valence-corrected chi connectivity index (χ4v) is 3.97. The highest BCUT2D eigenvalue weighted by Gasteiger charge is 2.31. The molecule has 150 valence electrons. The lowest BCUT2D eigenvalue weighted by Crippen LogP contribution is -2.18. The maximum absolute atomic E-state index is 14.4. The molecule has 1 unspecified atom stereocenters. The van der Waals surface area contributed by atoms with Crippen LogP contribution in [0, 0.1) is 0 Å². The molecule has 0 spiro atoms. The van der Waals surface area contributed by atoms with Crippen molar-refractivity contribution in [1.82, 2.24) is 9.55 Å². The van der Waals surface area contributed by atoms with Crippen molar-refractivity contribution in [3.63, 3.8) is 0 Å². The lowest BCUT2D eigenvalue weighted by atomic mass is 9.92. The number of hydrogen-bond acceptors (Lipinski definition) is 3. The summed E-state index contributed by atoms with van der Waals surface area (Å²) >= 11 is 12.3. The fraction of sp³-hybridized carbons (Fsp3) is 0.0952. The number of fused-ring (bicyclic) bond motifs is 1. The smallest absolute Gasteiger partial charge is 0.266 e. The molecule has 0 bridgehead atoms. The fourth-order valence-electron chi connectivity index (χ4n) is 3.41. The number of ketones is 1. The number of allylic oxidation sites excluding steroid dienone is 4. The predicted octanol–water partition coefficient (Wildman–Crippen LogP) is 3.99. The minimum absolute atomic E-state index is 0.0270. The van der Waals surface area contributed by atoms with Crippen molar-refractivity contribution in [3.05, 3.63) is 81.4 Å². The summed E-state index contributed by atoms with van der Waals surface area (Å²) in [5.74, 6) is -2.37. The van der Waals surface area contributed by atoms with Crippen molar-refractivity contribution < 1.29 is 18.4 Å². The van der Waals surface area contributed by atoms with Crippen LogP contribution >= 0.6 is 23.2 Å². The van der Waals surface area contributed by atoms with Gasteiger partial charge in [-0.05, 0) is 18.2 Å². The summed E-state index contributed by atoms with van der Waals surface area (Å²) in [4.78, 5) is 30.5. The number of rotatable bonds is 3. The van der Waals surface area contributed by atoms with Crippen molar-refractivity contribution in [2.45, 2.75) is 12.6 Å². The quantitative estimate of drug-likeness (QED) is 0.453. The SMILES string of the molecule is Bc1cnc2c(c1)c(C(=O)C1=C(F)C=CCC1F)cn2C(=O)c1c(Cl)cccc1Cl. The van der Waals surface area contributed by atoms with E-state index in [1.165, 1.54) is 30.6 Å². The van der Waals surface area contributed by atoms with E-state index in [9.17, 15) is 18.4 Å². The van der Waals surface area contributed by atoms with Gasteiger partial charge in [-0.25, -0.2) is 13.8 Å². The van der Waals surface area contributed by atoms with Crippen LogP contribution in [0.25, 0.3) is 11.0 Å². The van der Waals surface area contributed by atoms with Crippen LogP contribution in [0.15, 0.2) is 60.2 Å². The van der Waals surface area contributed by atoms with Crippen LogP contribution in [0.5, 0.6) is 0 Å². The predicted molar refractivity (Wildman–Crippen MR) is 115 cm³/mol. The summed E-state index contributed by atoms with van der Waals surface area (Å²) in [6.07, 6.45) is 3.28. The Morgan fingerprint density at radius 1 is 1.23 bits per heavy atom. The van der Waals surface area contributed by atoms with Gasteiger partial charge < -0.3 is 0 Å². The Labute approximate surface area is 181 Å². The molecule has 0 saturated heterocycles. The molecule has 1 aliphatic carbocycles. The molecular formula is C21H13BCl2F2N2O2. The average Bonchev–Trinajstić information content (AvgIpc) is 3.06. The average molecular weight is 445 g/mol. The second kappa shape index (κ2) is 7.82. The lowest BCUT2D eigenvalue weighted by Gasteiger charge is -2.14. The molecule has 30 heavy (non-hydrogen) atoms. The van der Waals surface area contributed by atoms with Gasteiger partial charge in [0.15, 0.2) is 5.78 Å². The molecule has 9 heteroatoms. The highest BCUT2D eigenvalue weighted by molar-refractivity contribution is 6.40. The molecular weight excluding hydrogens is 432 g/mol. The minimum Gasteiger partial charge on any atom is -0.289 e. The van der Waals surface area contributed by atoms with Gasteiger partial charge >= 0.3 is 0 Å². The van der Waals surface area contributed by atoms with Gasteiger partial charge in [0.2, 0.25) is 0 Å². The van der Waals surface area contributed by atoms with E-state index >= 15 is 0 Å². The first-order chi connectivity index (χ1) is 14.3. The van der Waals surface area contributed by atoms with E-state index in [1.54, 1.807) is 20.0 Å². The molecule has 4 rings (SSSR count). The number of Topliss-reactive ketones (excluding diaryl/α,β-unsaturated/α-hetero) is 1. The summed E-state index contributed by atoms with van der Waals surface area (Å²) in [5.41, 5.74) is 0.315. The molecule has 0 N–H and O–H groups in total. The van der Waals surface area contributed by atoms with Crippen LogP contribution in [-0.2, 0) is 0 Å². The minimum atomic E-state index is -1.77. The van der Waals surface area contributed by atoms with Gasteiger partial charge in [-0.3, -0.25) is 14.2 Å². The number of alkyl halides is 1. The largest absolute Gasteiger partial charge is 0.289 e. The first-order valence-corrected chi connectivity index (χ1v) is 9.76. The van der Waals surface area contributed by atoms with Crippen LogP contribution in [0.4, 0.5) is 8.78 Å². The third-order valence-corrected chi connectivity index (χ3v) is 5.47. The highest BCUT2D eigenvalue weighted by Crippen LogP contribution is 2.31. The first-order valence-electron chi connectivity index (χ1n) is 9.01. The van der Waals surface area contributed by atoms with Gasteiger partial charge in [-0.2, -0.15) is 0 Å². The van der Waals surface area contributed by atoms with Crippen LogP contribution in [-0.4, -0.2) is 35.3 Å². The summed E-state index contributed by atoms with van der Waals surface area (Å²) in [6, 6.07) is 6.26. The number of halogens is 4. The molecule has 0 radical (unpaired) electrons. The molecule has 0 saturated carbocycles. The summed E-state index contributed by atoms with van der Waals surface area (Å²) in [5, 5.41) is 0.562. The number of pyridine rings is 1. The molecule has 0 amide bonds. The van der Waals surface area contributed by atoms with Gasteiger partial charge in [0.05, 0.1) is 26.7 Å². The molecule has 0 fully saturated rings. The Balaban J connectivity index is 1.93. The molecule has 3 aromatic rings. The summed E-state index contributed by atoms with van der Waals surface area (Å²) in [7, 11) is 1.76. The third-order valence-electron chi connectivity index (χ3n) is 4.84. The second-order valence-electron chi connectivity index (χ2n) is 6.89. The van der Waals surface area contributed by atoms with Gasteiger partial charge in [-0.15, -0.1) is 0 Å². The number of hydrogen-bond donors (Lipinski definition) is 0. The third kappa shape index (κ3) is 3.38. The Bertz CT molecular complexity index is 1260. The van der Waals surface area contributed by atoms with E-state index in [2.05, 4.69) is 4.98 Å². The molecule has 1 aromatic carbocycles. The maximum atomic E-state index is 14.4. The molecule has 2 heterocycles. The van der Waals surface area contributed by atoms with Crippen molar-refractivity contribution in [1.29, 1.82) is 0 Å². The Morgan fingerprint density at radius 3 is 2.60 bits per heavy atom. The van der Waals surface area contributed by atoms with E-state index in [-0.39, 0.29) is 33.2 Å². The Morgan fingerprint density at radius 2 is 1.93 bits per heavy atom. The normalized spacial score (nSPS) is 16.3. The second-order valence-corrected chi connectivity index (χ2v) is 7.71. The molecule has 2 aromatic heterocycles. The van der Waals surface area contributed by atoms with E-state index in [1.807, 2.05) is 0 Å². The number of carbonyl (C=O) groups excluding carboxylic acids is 2. The van der Waals surface area contributed by atoms with Crippen molar-refractivity contribution in [2.24, 2.45) is 0 Å².